The Morgan fingerprint density at radius 3 is 3.00 bits per heavy atom. The molecule has 1 heterocycles. The van der Waals surface area contributed by atoms with Crippen LogP contribution in [0.3, 0.4) is 0 Å². The molecule has 0 aromatic heterocycles. The van der Waals surface area contributed by atoms with Crippen molar-refractivity contribution in [2.24, 2.45) is 5.92 Å². The van der Waals surface area contributed by atoms with Crippen LogP contribution >= 0.6 is 11.8 Å². The van der Waals surface area contributed by atoms with E-state index in [1.54, 1.807) is 16.7 Å². The van der Waals surface area contributed by atoms with Gasteiger partial charge < -0.3 is 15.7 Å². The summed E-state index contributed by atoms with van der Waals surface area (Å²) in [6.45, 7) is 2.68. The average Bonchev–Trinajstić information content (AvgIpc) is 2.38. The van der Waals surface area contributed by atoms with Gasteiger partial charge in [-0.2, -0.15) is 0 Å². The van der Waals surface area contributed by atoms with Gasteiger partial charge in [-0.05, 0) is 30.5 Å². The zero-order valence-electron chi connectivity index (χ0n) is 10.4. The molecule has 18 heavy (non-hydrogen) atoms. The predicted molar refractivity (Wildman–Crippen MR) is 74.8 cm³/mol. The summed E-state index contributed by atoms with van der Waals surface area (Å²) in [5.41, 5.74) is 7.33. The van der Waals surface area contributed by atoms with Crippen molar-refractivity contribution in [3.8, 4) is 0 Å². The van der Waals surface area contributed by atoms with Gasteiger partial charge in [-0.1, -0.05) is 6.92 Å². The molecule has 0 saturated carbocycles. The summed E-state index contributed by atoms with van der Waals surface area (Å²) in [5.74, 6) is 0.662. The third-order valence-corrected chi connectivity index (χ3v) is 4.25. The van der Waals surface area contributed by atoms with E-state index in [0.717, 1.165) is 17.0 Å². The van der Waals surface area contributed by atoms with Crippen molar-refractivity contribution in [2.75, 3.05) is 29.5 Å². The first-order valence-electron chi connectivity index (χ1n) is 6.09. The van der Waals surface area contributed by atoms with Gasteiger partial charge in [-0.3, -0.25) is 4.79 Å². The fraction of sp³-hybridized carbons (Fsp3) is 0.462. The van der Waals surface area contributed by atoms with Gasteiger partial charge in [0.25, 0.3) is 0 Å². The summed E-state index contributed by atoms with van der Waals surface area (Å²) in [4.78, 5) is 14.9. The number of amides is 1. The summed E-state index contributed by atoms with van der Waals surface area (Å²) in [5, 5.41) is 9.28. The highest BCUT2D eigenvalue weighted by molar-refractivity contribution is 8.00. The number of fused-ring (bicyclic) bond motifs is 1. The van der Waals surface area contributed by atoms with Crippen molar-refractivity contribution < 1.29 is 9.90 Å². The molecule has 0 fully saturated rings. The first kappa shape index (κ1) is 13.2. The monoisotopic (exact) mass is 266 g/mol. The maximum Gasteiger partial charge on any atom is 0.237 e. The van der Waals surface area contributed by atoms with E-state index < -0.39 is 0 Å². The standard InChI is InChI=1S/C13H18N2O2S/c1-2-9(7-16)6-15-11-5-10(14)3-4-12(11)18-8-13(15)17/h3-5,9,16H,2,6-8,14H2,1H3. The van der Waals surface area contributed by atoms with Gasteiger partial charge in [0.2, 0.25) is 5.91 Å². The molecule has 0 radical (unpaired) electrons. The third-order valence-electron chi connectivity index (χ3n) is 3.20. The molecule has 0 aliphatic carbocycles. The van der Waals surface area contributed by atoms with Crippen molar-refractivity contribution in [1.29, 1.82) is 0 Å². The number of carbonyl (C=O) groups is 1. The number of nitrogens with two attached hydrogens (primary N) is 1. The lowest BCUT2D eigenvalue weighted by atomic mass is 10.1. The molecule has 4 nitrogen and oxygen atoms in total. The van der Waals surface area contributed by atoms with E-state index in [-0.39, 0.29) is 18.4 Å². The molecule has 0 spiro atoms. The van der Waals surface area contributed by atoms with E-state index in [1.165, 1.54) is 0 Å². The second-order valence-electron chi connectivity index (χ2n) is 4.48. The van der Waals surface area contributed by atoms with E-state index in [4.69, 9.17) is 5.73 Å². The van der Waals surface area contributed by atoms with Crippen LogP contribution in [-0.2, 0) is 4.79 Å². The lowest BCUT2D eigenvalue weighted by molar-refractivity contribution is -0.116. The van der Waals surface area contributed by atoms with E-state index in [2.05, 4.69) is 0 Å². The lowest BCUT2D eigenvalue weighted by Gasteiger charge is -2.31. The van der Waals surface area contributed by atoms with E-state index in [1.807, 2.05) is 25.1 Å². The van der Waals surface area contributed by atoms with Gasteiger partial charge in [-0.15, -0.1) is 11.8 Å². The number of nitrogen functional groups attached to an aromatic ring is 1. The minimum absolute atomic E-state index is 0.0880. The minimum Gasteiger partial charge on any atom is -0.399 e. The van der Waals surface area contributed by atoms with Crippen LogP contribution in [0.5, 0.6) is 0 Å². The quantitative estimate of drug-likeness (QED) is 0.814. The smallest absolute Gasteiger partial charge is 0.237 e. The van der Waals surface area contributed by atoms with Crippen LogP contribution in [-0.4, -0.2) is 29.9 Å². The van der Waals surface area contributed by atoms with E-state index >= 15 is 0 Å². The van der Waals surface area contributed by atoms with Gasteiger partial charge in [0.1, 0.15) is 0 Å². The zero-order chi connectivity index (χ0) is 13.1. The number of nitrogens with zero attached hydrogens (tertiary/aromatic N) is 1. The Morgan fingerprint density at radius 2 is 2.33 bits per heavy atom. The lowest BCUT2D eigenvalue weighted by Crippen LogP contribution is -2.39. The second kappa shape index (κ2) is 5.63. The van der Waals surface area contributed by atoms with Crippen molar-refractivity contribution in [3.05, 3.63) is 18.2 Å². The number of aliphatic hydroxyl groups is 1. The summed E-state index contributed by atoms with van der Waals surface area (Å²) in [6.07, 6.45) is 0.852. The normalized spacial score (nSPS) is 16.6. The molecule has 1 atom stereocenters. The van der Waals surface area contributed by atoms with Crippen molar-refractivity contribution in [1.82, 2.24) is 0 Å². The largest absolute Gasteiger partial charge is 0.399 e. The molecule has 1 aromatic carbocycles. The Bertz CT molecular complexity index is 447. The number of aliphatic hydroxyl groups excluding tert-OH is 1. The van der Waals surface area contributed by atoms with Crippen LogP contribution in [0.2, 0.25) is 0 Å². The average molecular weight is 266 g/mol. The van der Waals surface area contributed by atoms with Gasteiger partial charge in [0.15, 0.2) is 0 Å². The molecule has 0 bridgehead atoms. The highest BCUT2D eigenvalue weighted by atomic mass is 32.2. The first-order valence-corrected chi connectivity index (χ1v) is 7.07. The molecule has 1 aromatic rings. The van der Waals surface area contributed by atoms with Crippen molar-refractivity contribution >= 4 is 29.0 Å². The molecule has 1 amide bonds. The maximum absolute atomic E-state index is 12.0. The Labute approximate surface area is 111 Å². The van der Waals surface area contributed by atoms with Crippen LogP contribution in [0.4, 0.5) is 11.4 Å². The van der Waals surface area contributed by atoms with Crippen molar-refractivity contribution in [2.45, 2.75) is 18.2 Å². The van der Waals surface area contributed by atoms with Crippen molar-refractivity contribution in [3.63, 3.8) is 0 Å². The summed E-state index contributed by atoms with van der Waals surface area (Å²) < 4.78 is 0. The van der Waals surface area contributed by atoms with Crippen LogP contribution in [0, 0.1) is 5.92 Å². The third kappa shape index (κ3) is 2.62. The molecular weight excluding hydrogens is 248 g/mol. The molecule has 2 rings (SSSR count). The van der Waals surface area contributed by atoms with E-state index in [9.17, 15) is 9.90 Å². The van der Waals surface area contributed by atoms with E-state index in [0.29, 0.717) is 18.0 Å². The number of rotatable bonds is 4. The Morgan fingerprint density at radius 1 is 1.56 bits per heavy atom. The maximum atomic E-state index is 12.0. The van der Waals surface area contributed by atoms with Crippen LogP contribution in [0.1, 0.15) is 13.3 Å². The number of thioether (sulfide) groups is 1. The van der Waals surface area contributed by atoms with Gasteiger partial charge in [0.05, 0.1) is 11.4 Å². The van der Waals surface area contributed by atoms with Crippen LogP contribution in [0.15, 0.2) is 23.1 Å². The Balaban J connectivity index is 2.29. The SMILES string of the molecule is CCC(CO)CN1C(=O)CSc2ccc(N)cc21. The highest BCUT2D eigenvalue weighted by Gasteiger charge is 2.26. The van der Waals surface area contributed by atoms with Crippen LogP contribution < -0.4 is 10.6 Å². The Hall–Kier alpha value is -1.20. The molecule has 98 valence electrons. The summed E-state index contributed by atoms with van der Waals surface area (Å²) >= 11 is 1.54. The first-order chi connectivity index (χ1) is 8.65. The summed E-state index contributed by atoms with van der Waals surface area (Å²) in [6, 6.07) is 5.64. The topological polar surface area (TPSA) is 66.6 Å². The van der Waals surface area contributed by atoms with Gasteiger partial charge in [-0.25, -0.2) is 0 Å². The number of carbonyl (C=O) groups excluding carboxylic acids is 1. The molecule has 1 unspecified atom stereocenters. The zero-order valence-corrected chi connectivity index (χ0v) is 11.2. The summed E-state index contributed by atoms with van der Waals surface area (Å²) in [7, 11) is 0. The fourth-order valence-electron chi connectivity index (χ4n) is 1.99. The van der Waals surface area contributed by atoms with Gasteiger partial charge in [0, 0.05) is 23.7 Å². The molecule has 1 aliphatic heterocycles. The molecule has 0 saturated heterocycles. The minimum atomic E-state index is 0.0880. The molecule has 3 N–H and O–H groups in total. The number of anilines is 2. The van der Waals surface area contributed by atoms with Gasteiger partial charge >= 0.3 is 0 Å². The second-order valence-corrected chi connectivity index (χ2v) is 5.49. The molecular formula is C13H18N2O2S. The Kier molecular flexibility index (Phi) is 4.14. The highest BCUT2D eigenvalue weighted by Crippen LogP contribution is 2.37. The number of hydrogen-bond donors (Lipinski definition) is 2. The van der Waals surface area contributed by atoms with Crippen LogP contribution in [0.25, 0.3) is 0 Å². The number of hydrogen-bond acceptors (Lipinski definition) is 4. The molecule has 1 aliphatic rings. The fourth-order valence-corrected chi connectivity index (χ4v) is 2.91. The predicted octanol–water partition coefficient (Wildman–Crippen LogP) is 1.73. The molecule has 5 heteroatoms. The number of benzene rings is 1.